The molecular formula is C12H9N3S2. The molecule has 2 aromatic heterocycles. The largest absolute Gasteiger partial charge is 0.332 e. The van der Waals surface area contributed by atoms with Gasteiger partial charge in [0.25, 0.3) is 0 Å². The van der Waals surface area contributed by atoms with E-state index in [1.807, 2.05) is 41.1 Å². The van der Waals surface area contributed by atoms with Crippen molar-refractivity contribution >= 4 is 33.5 Å². The van der Waals surface area contributed by atoms with Gasteiger partial charge in [0.15, 0.2) is 5.13 Å². The van der Waals surface area contributed by atoms with Crippen molar-refractivity contribution in [2.75, 3.05) is 5.32 Å². The SMILES string of the molecule is c1ccc(Nc2nc(-c3nccs3)cs2)cc1. The molecule has 0 radical (unpaired) electrons. The summed E-state index contributed by atoms with van der Waals surface area (Å²) in [6.07, 6.45) is 1.80. The van der Waals surface area contributed by atoms with Gasteiger partial charge in [-0.2, -0.15) is 0 Å². The Bertz CT molecular complexity index is 587. The van der Waals surface area contributed by atoms with Gasteiger partial charge in [0.1, 0.15) is 10.7 Å². The Kier molecular flexibility index (Phi) is 2.85. The molecule has 0 aliphatic rings. The zero-order valence-corrected chi connectivity index (χ0v) is 10.5. The Balaban J connectivity index is 1.82. The molecule has 1 N–H and O–H groups in total. The summed E-state index contributed by atoms with van der Waals surface area (Å²) >= 11 is 3.19. The Morgan fingerprint density at radius 3 is 2.71 bits per heavy atom. The number of aromatic nitrogens is 2. The van der Waals surface area contributed by atoms with Gasteiger partial charge in [0, 0.05) is 22.6 Å². The molecule has 0 unspecified atom stereocenters. The number of nitrogens with one attached hydrogen (secondary N) is 1. The lowest BCUT2D eigenvalue weighted by Crippen LogP contribution is -1.88. The summed E-state index contributed by atoms with van der Waals surface area (Å²) in [5, 5.41) is 9.10. The zero-order valence-electron chi connectivity index (χ0n) is 8.83. The van der Waals surface area contributed by atoms with Gasteiger partial charge in [-0.1, -0.05) is 18.2 Å². The molecular weight excluding hydrogens is 250 g/mol. The molecule has 0 bridgehead atoms. The second-order valence-corrected chi connectivity index (χ2v) is 5.12. The maximum Gasteiger partial charge on any atom is 0.187 e. The molecule has 3 rings (SSSR count). The van der Waals surface area contributed by atoms with E-state index in [-0.39, 0.29) is 0 Å². The van der Waals surface area contributed by atoms with Crippen molar-refractivity contribution in [3.8, 4) is 10.7 Å². The molecule has 2 heterocycles. The fourth-order valence-corrected chi connectivity index (χ4v) is 2.81. The normalized spacial score (nSPS) is 10.4. The molecule has 0 amide bonds. The summed E-state index contributed by atoms with van der Waals surface area (Å²) in [5.41, 5.74) is 1.98. The minimum Gasteiger partial charge on any atom is -0.332 e. The number of anilines is 2. The highest BCUT2D eigenvalue weighted by atomic mass is 32.1. The van der Waals surface area contributed by atoms with Gasteiger partial charge in [0.05, 0.1) is 0 Å². The minimum absolute atomic E-state index is 0.890. The van der Waals surface area contributed by atoms with Crippen LogP contribution in [0.15, 0.2) is 47.3 Å². The molecule has 0 fully saturated rings. The predicted molar refractivity (Wildman–Crippen MR) is 72.9 cm³/mol. The number of hydrogen-bond donors (Lipinski definition) is 1. The van der Waals surface area contributed by atoms with Crippen molar-refractivity contribution in [1.29, 1.82) is 0 Å². The van der Waals surface area contributed by atoms with Crippen molar-refractivity contribution in [3.63, 3.8) is 0 Å². The van der Waals surface area contributed by atoms with Crippen molar-refractivity contribution in [2.24, 2.45) is 0 Å². The van der Waals surface area contributed by atoms with E-state index in [2.05, 4.69) is 15.3 Å². The first-order chi connectivity index (χ1) is 8.42. The summed E-state index contributed by atoms with van der Waals surface area (Å²) in [7, 11) is 0. The highest BCUT2D eigenvalue weighted by Gasteiger charge is 2.06. The van der Waals surface area contributed by atoms with Crippen LogP contribution in [0.2, 0.25) is 0 Å². The van der Waals surface area contributed by atoms with Crippen LogP contribution in [0.5, 0.6) is 0 Å². The van der Waals surface area contributed by atoms with Crippen molar-refractivity contribution < 1.29 is 0 Å². The summed E-state index contributed by atoms with van der Waals surface area (Å²) in [4.78, 5) is 8.75. The Morgan fingerprint density at radius 1 is 1.06 bits per heavy atom. The van der Waals surface area contributed by atoms with Crippen LogP contribution >= 0.6 is 22.7 Å². The van der Waals surface area contributed by atoms with E-state index in [0.29, 0.717) is 0 Å². The van der Waals surface area contributed by atoms with Gasteiger partial charge in [-0.3, -0.25) is 0 Å². The van der Waals surface area contributed by atoms with Gasteiger partial charge in [-0.25, -0.2) is 9.97 Å². The van der Waals surface area contributed by atoms with E-state index in [9.17, 15) is 0 Å². The fraction of sp³-hybridized carbons (Fsp3) is 0. The number of hydrogen-bond acceptors (Lipinski definition) is 5. The van der Waals surface area contributed by atoms with E-state index >= 15 is 0 Å². The predicted octanol–water partition coefficient (Wildman–Crippen LogP) is 4.01. The molecule has 17 heavy (non-hydrogen) atoms. The number of thiazole rings is 2. The van der Waals surface area contributed by atoms with E-state index in [1.165, 1.54) is 0 Å². The molecule has 0 spiro atoms. The summed E-state index contributed by atoms with van der Waals surface area (Å²) in [6.45, 7) is 0. The standard InChI is InChI=1S/C12H9N3S2/c1-2-4-9(5-3-1)14-12-15-10(8-17-12)11-13-6-7-16-11/h1-8H,(H,14,15). The Labute approximate surface area is 107 Å². The van der Waals surface area contributed by atoms with Crippen molar-refractivity contribution in [3.05, 3.63) is 47.3 Å². The van der Waals surface area contributed by atoms with Gasteiger partial charge in [-0.15, -0.1) is 22.7 Å². The zero-order chi connectivity index (χ0) is 11.5. The Morgan fingerprint density at radius 2 is 1.94 bits per heavy atom. The van der Waals surface area contributed by atoms with Gasteiger partial charge < -0.3 is 5.32 Å². The average Bonchev–Trinajstić information content (AvgIpc) is 3.00. The van der Waals surface area contributed by atoms with Crippen molar-refractivity contribution in [1.82, 2.24) is 9.97 Å². The minimum atomic E-state index is 0.890. The Hall–Kier alpha value is -1.72. The monoisotopic (exact) mass is 259 g/mol. The first kappa shape index (κ1) is 10.4. The fourth-order valence-electron chi connectivity index (χ4n) is 1.42. The lowest BCUT2D eigenvalue weighted by atomic mass is 10.3. The summed E-state index contributed by atoms with van der Waals surface area (Å²) in [6, 6.07) is 10.0. The van der Waals surface area contributed by atoms with Crippen LogP contribution in [0.4, 0.5) is 10.8 Å². The smallest absolute Gasteiger partial charge is 0.187 e. The maximum atomic E-state index is 4.50. The molecule has 0 aliphatic carbocycles. The third-order valence-electron chi connectivity index (χ3n) is 2.18. The molecule has 1 aromatic carbocycles. The lowest BCUT2D eigenvalue weighted by molar-refractivity contribution is 1.33. The molecule has 3 nitrogen and oxygen atoms in total. The third kappa shape index (κ3) is 2.35. The van der Waals surface area contributed by atoms with Crippen LogP contribution in [-0.2, 0) is 0 Å². The van der Waals surface area contributed by atoms with Crippen molar-refractivity contribution in [2.45, 2.75) is 0 Å². The summed E-state index contributed by atoms with van der Waals surface area (Å²) < 4.78 is 0. The van der Waals surface area contributed by atoms with Crippen LogP contribution in [0, 0.1) is 0 Å². The average molecular weight is 259 g/mol. The lowest BCUT2D eigenvalue weighted by Gasteiger charge is -2.00. The molecule has 0 aliphatic heterocycles. The topological polar surface area (TPSA) is 37.8 Å². The number of para-hydroxylation sites is 1. The van der Waals surface area contributed by atoms with E-state index in [1.54, 1.807) is 28.9 Å². The molecule has 84 valence electrons. The molecule has 5 heteroatoms. The highest BCUT2D eigenvalue weighted by Crippen LogP contribution is 2.27. The number of rotatable bonds is 3. The molecule has 0 atom stereocenters. The van der Waals surface area contributed by atoms with E-state index in [0.717, 1.165) is 21.5 Å². The van der Waals surface area contributed by atoms with Crippen LogP contribution < -0.4 is 5.32 Å². The second kappa shape index (κ2) is 4.65. The quantitative estimate of drug-likeness (QED) is 0.772. The van der Waals surface area contributed by atoms with Gasteiger partial charge in [-0.05, 0) is 12.1 Å². The summed E-state index contributed by atoms with van der Waals surface area (Å²) in [5.74, 6) is 0. The van der Waals surface area contributed by atoms with E-state index < -0.39 is 0 Å². The first-order valence-electron chi connectivity index (χ1n) is 5.09. The first-order valence-corrected chi connectivity index (χ1v) is 6.85. The van der Waals surface area contributed by atoms with Crippen LogP contribution in [0.1, 0.15) is 0 Å². The van der Waals surface area contributed by atoms with E-state index in [4.69, 9.17) is 0 Å². The second-order valence-electron chi connectivity index (χ2n) is 3.37. The van der Waals surface area contributed by atoms with Crippen LogP contribution in [0.25, 0.3) is 10.7 Å². The number of nitrogens with zero attached hydrogens (tertiary/aromatic N) is 2. The highest BCUT2D eigenvalue weighted by molar-refractivity contribution is 7.15. The van der Waals surface area contributed by atoms with Crippen LogP contribution in [-0.4, -0.2) is 9.97 Å². The number of benzene rings is 1. The van der Waals surface area contributed by atoms with Gasteiger partial charge in [0.2, 0.25) is 0 Å². The van der Waals surface area contributed by atoms with Crippen LogP contribution in [0.3, 0.4) is 0 Å². The molecule has 3 aromatic rings. The van der Waals surface area contributed by atoms with Gasteiger partial charge >= 0.3 is 0 Å². The third-order valence-corrected chi connectivity index (χ3v) is 3.73. The molecule has 0 saturated heterocycles. The molecule has 0 saturated carbocycles. The maximum absolute atomic E-state index is 4.50.